The molecule has 17 heteroatoms. The summed E-state index contributed by atoms with van der Waals surface area (Å²) in [6, 6.07) is 11.3. The van der Waals surface area contributed by atoms with Crippen molar-refractivity contribution in [3.63, 3.8) is 0 Å². The fourth-order valence-corrected chi connectivity index (χ4v) is 5.21. The van der Waals surface area contributed by atoms with E-state index in [-0.39, 0.29) is 73.3 Å². The lowest BCUT2D eigenvalue weighted by Crippen LogP contribution is -2.48. The number of carbonyl (C=O) groups excluding carboxylic acids is 4. The van der Waals surface area contributed by atoms with Crippen molar-refractivity contribution in [3.8, 4) is 11.5 Å². The van der Waals surface area contributed by atoms with Gasteiger partial charge in [0.1, 0.15) is 46.6 Å². The van der Waals surface area contributed by atoms with Crippen LogP contribution in [0.25, 0.3) is 0 Å². The summed E-state index contributed by atoms with van der Waals surface area (Å²) < 4.78 is 44.7. The second-order valence-corrected chi connectivity index (χ2v) is 12.3. The van der Waals surface area contributed by atoms with Crippen LogP contribution >= 0.6 is 23.2 Å². The Morgan fingerprint density at radius 1 is 0.769 bits per heavy atom. The van der Waals surface area contributed by atoms with Gasteiger partial charge in [0, 0.05) is 53.9 Å². The molecule has 1 fully saturated rings. The van der Waals surface area contributed by atoms with Crippen molar-refractivity contribution in [2.75, 3.05) is 33.9 Å². The Labute approximate surface area is 308 Å². The highest BCUT2D eigenvalue weighted by Gasteiger charge is 2.26. The highest BCUT2D eigenvalue weighted by atomic mass is 35.5. The Morgan fingerprint density at radius 2 is 1.21 bits per heavy atom. The van der Waals surface area contributed by atoms with Crippen LogP contribution in [-0.4, -0.2) is 73.5 Å². The van der Waals surface area contributed by atoms with E-state index >= 15 is 0 Å². The van der Waals surface area contributed by atoms with Crippen LogP contribution in [-0.2, 0) is 4.74 Å². The largest absolute Gasteiger partial charge is 0.483 e. The van der Waals surface area contributed by atoms with Crippen LogP contribution in [0.3, 0.4) is 0 Å². The number of hydrogen-bond acceptors (Lipinski definition) is 7. The summed E-state index contributed by atoms with van der Waals surface area (Å²) in [6.45, 7) is 6.39. The van der Waals surface area contributed by atoms with E-state index < -0.39 is 35.7 Å². The standard InChI is InChI=1S/C18H19ClFN3O4.C17H19ClFN3O3/c1-9(12-4-3-10(19)5-13(12)20)27-15-6-14(23-16(15)18(25)21-2)17(24)22-11-7-26-8-11;1-4-21-16(23)13-8-14(15(22-13)17(24)20-3)25-9(2)11-6-5-10(18)7-12(11)19/h3-6,9,11,23H,7-8H2,1-2H3,(H,21,25)(H,22,24);5-9,22H,4H2,1-3H3,(H,20,24)(H,21,23). The molecular weight excluding hydrogens is 725 g/mol. The Kier molecular flexibility index (Phi) is 13.6. The van der Waals surface area contributed by atoms with Gasteiger partial charge in [0.25, 0.3) is 23.6 Å². The van der Waals surface area contributed by atoms with E-state index in [2.05, 4.69) is 31.2 Å². The summed E-state index contributed by atoms with van der Waals surface area (Å²) in [5.74, 6) is -2.39. The summed E-state index contributed by atoms with van der Waals surface area (Å²) in [5, 5.41) is 10.9. The van der Waals surface area contributed by atoms with E-state index in [1.54, 1.807) is 32.9 Å². The molecule has 4 amide bonds. The van der Waals surface area contributed by atoms with E-state index in [1.165, 1.54) is 50.5 Å². The molecule has 2 atom stereocenters. The molecule has 3 heterocycles. The maximum absolute atomic E-state index is 14.1. The van der Waals surface area contributed by atoms with Crippen molar-refractivity contribution in [1.82, 2.24) is 31.2 Å². The Morgan fingerprint density at radius 3 is 1.58 bits per heavy atom. The minimum atomic E-state index is -0.711. The molecule has 13 nitrogen and oxygen atoms in total. The number of H-pyrrole nitrogens is 2. The Hall–Kier alpha value is -5.12. The second-order valence-electron chi connectivity index (χ2n) is 11.4. The van der Waals surface area contributed by atoms with Crippen LogP contribution in [0.15, 0.2) is 48.5 Å². The quantitative estimate of drug-likeness (QED) is 0.111. The summed E-state index contributed by atoms with van der Waals surface area (Å²) in [5.41, 5.74) is 1.08. The molecule has 0 saturated carbocycles. The topological polar surface area (TPSA) is 176 Å². The molecule has 2 aromatic heterocycles. The minimum Gasteiger partial charge on any atom is -0.483 e. The van der Waals surface area contributed by atoms with Gasteiger partial charge in [-0.1, -0.05) is 35.3 Å². The van der Waals surface area contributed by atoms with Gasteiger partial charge in [0.05, 0.1) is 19.3 Å². The normalized spacial score (nSPS) is 13.4. The first kappa shape index (κ1) is 39.7. The van der Waals surface area contributed by atoms with Gasteiger partial charge >= 0.3 is 0 Å². The van der Waals surface area contributed by atoms with E-state index in [9.17, 15) is 28.0 Å². The average Bonchev–Trinajstić information content (AvgIpc) is 3.70. The number of nitrogens with one attached hydrogen (secondary N) is 6. The van der Waals surface area contributed by atoms with Crippen LogP contribution in [0.2, 0.25) is 10.0 Å². The van der Waals surface area contributed by atoms with Crippen LogP contribution in [0.1, 0.15) is 86.1 Å². The van der Waals surface area contributed by atoms with Gasteiger partial charge in [-0.25, -0.2) is 8.78 Å². The summed E-state index contributed by atoms with van der Waals surface area (Å²) in [7, 11) is 2.92. The smallest absolute Gasteiger partial charge is 0.271 e. The number of aromatic nitrogens is 2. The van der Waals surface area contributed by atoms with Crippen molar-refractivity contribution in [2.45, 2.75) is 39.0 Å². The molecule has 0 bridgehead atoms. The Balaban J connectivity index is 0.000000234. The van der Waals surface area contributed by atoms with Gasteiger partial charge in [0.2, 0.25) is 0 Å². The molecule has 1 aliphatic rings. The maximum atomic E-state index is 14.1. The zero-order chi connectivity index (χ0) is 38.1. The van der Waals surface area contributed by atoms with Gasteiger partial charge in [-0.2, -0.15) is 0 Å². The molecule has 278 valence electrons. The molecule has 1 aliphatic heterocycles. The monoisotopic (exact) mass is 762 g/mol. The molecule has 0 radical (unpaired) electrons. The molecule has 5 rings (SSSR count). The summed E-state index contributed by atoms with van der Waals surface area (Å²) in [6.07, 6.45) is -1.41. The van der Waals surface area contributed by atoms with Crippen molar-refractivity contribution in [1.29, 1.82) is 0 Å². The summed E-state index contributed by atoms with van der Waals surface area (Å²) in [4.78, 5) is 53.9. The van der Waals surface area contributed by atoms with Crippen molar-refractivity contribution >= 4 is 46.8 Å². The summed E-state index contributed by atoms with van der Waals surface area (Å²) >= 11 is 11.5. The van der Waals surface area contributed by atoms with Crippen LogP contribution < -0.4 is 30.7 Å². The maximum Gasteiger partial charge on any atom is 0.271 e. The Bertz CT molecular complexity index is 1930. The molecule has 1 saturated heterocycles. The number of halogens is 4. The first-order valence-electron chi connectivity index (χ1n) is 16.1. The SMILES string of the molecule is CCNC(=O)c1cc(OC(C)c2ccc(Cl)cc2F)c(C(=O)NC)[nH]1.CNC(=O)c1[nH]c(C(=O)NC2COC2)cc1OC(C)c1ccc(Cl)cc1F. The van der Waals surface area contributed by atoms with Crippen molar-refractivity contribution in [2.24, 2.45) is 0 Å². The molecular formula is C35H38Cl2F2N6O7. The molecule has 4 aromatic rings. The zero-order valence-corrected chi connectivity index (χ0v) is 30.4. The van der Waals surface area contributed by atoms with Gasteiger partial charge in [0.15, 0.2) is 11.5 Å². The number of hydrogen-bond donors (Lipinski definition) is 6. The molecule has 2 aromatic carbocycles. The second kappa shape index (κ2) is 17.9. The zero-order valence-electron chi connectivity index (χ0n) is 28.8. The van der Waals surface area contributed by atoms with Gasteiger partial charge in [-0.05, 0) is 45.0 Å². The molecule has 52 heavy (non-hydrogen) atoms. The van der Waals surface area contributed by atoms with E-state index in [0.29, 0.717) is 19.8 Å². The van der Waals surface area contributed by atoms with Gasteiger partial charge in [-0.15, -0.1) is 0 Å². The number of aromatic amines is 2. The first-order valence-corrected chi connectivity index (χ1v) is 16.8. The molecule has 0 aliphatic carbocycles. The van der Waals surface area contributed by atoms with E-state index in [4.69, 9.17) is 37.4 Å². The van der Waals surface area contributed by atoms with Crippen LogP contribution in [0, 0.1) is 11.6 Å². The van der Waals surface area contributed by atoms with Gasteiger partial charge < -0.3 is 45.4 Å². The minimum absolute atomic E-state index is 0.0595. The number of ether oxygens (including phenoxy) is 3. The highest BCUT2D eigenvalue weighted by molar-refractivity contribution is 6.30. The highest BCUT2D eigenvalue weighted by Crippen LogP contribution is 2.30. The molecule has 2 unspecified atom stereocenters. The van der Waals surface area contributed by atoms with E-state index in [1.807, 2.05) is 0 Å². The van der Waals surface area contributed by atoms with Crippen LogP contribution in [0.4, 0.5) is 8.78 Å². The number of amides is 4. The third-order valence-electron chi connectivity index (χ3n) is 7.68. The predicted octanol–water partition coefficient (Wildman–Crippen LogP) is 5.49. The fourth-order valence-electron chi connectivity index (χ4n) is 4.90. The van der Waals surface area contributed by atoms with Crippen molar-refractivity contribution < 1.29 is 42.2 Å². The van der Waals surface area contributed by atoms with Crippen molar-refractivity contribution in [3.05, 3.63) is 104 Å². The lowest BCUT2D eigenvalue weighted by atomic mass is 10.1. The fraction of sp³-hybridized carbons (Fsp3) is 0.314. The predicted molar refractivity (Wildman–Crippen MR) is 189 cm³/mol. The third kappa shape index (κ3) is 9.80. The molecule has 0 spiro atoms. The van der Waals surface area contributed by atoms with Crippen LogP contribution in [0.5, 0.6) is 11.5 Å². The number of benzene rings is 2. The lowest BCUT2D eigenvalue weighted by Gasteiger charge is -2.26. The van der Waals surface area contributed by atoms with E-state index in [0.717, 1.165) is 0 Å². The molecule has 6 N–H and O–H groups in total. The lowest BCUT2D eigenvalue weighted by molar-refractivity contribution is -0.00354. The number of carbonyl (C=O) groups is 4. The average molecular weight is 764 g/mol. The first-order chi connectivity index (χ1) is 24.8. The number of rotatable bonds is 12. The third-order valence-corrected chi connectivity index (χ3v) is 8.15. The van der Waals surface area contributed by atoms with Gasteiger partial charge in [-0.3, -0.25) is 19.2 Å².